The van der Waals surface area contributed by atoms with Crippen LogP contribution in [0.5, 0.6) is 11.5 Å². The normalized spacial score (nSPS) is 10.8. The Balaban J connectivity index is 1.77. The van der Waals surface area contributed by atoms with Crippen LogP contribution >= 0.6 is 0 Å². The lowest BCUT2D eigenvalue weighted by atomic mass is 10.2. The summed E-state index contributed by atoms with van der Waals surface area (Å²) in [5.41, 5.74) is 0.461. The van der Waals surface area contributed by atoms with Gasteiger partial charge in [-0.1, -0.05) is 0 Å². The molecule has 28 heavy (non-hydrogen) atoms. The molecule has 0 aliphatic carbocycles. The SMILES string of the molecule is COc1ccc(OCCCC(=O)Nc2ccc(S(=O)(=O)NC(C)=O)cc2)cc1. The Morgan fingerprint density at radius 2 is 1.57 bits per heavy atom. The third kappa shape index (κ3) is 6.58. The Hall–Kier alpha value is -3.07. The minimum absolute atomic E-state index is 0.0615. The Bertz CT molecular complexity index is 908. The molecule has 2 N–H and O–H groups in total. The van der Waals surface area contributed by atoms with Crippen LogP contribution in [0.25, 0.3) is 0 Å². The number of hydrogen-bond donors (Lipinski definition) is 2. The maximum atomic E-state index is 12.0. The molecule has 0 aromatic heterocycles. The molecule has 0 saturated heterocycles. The van der Waals surface area contributed by atoms with Crippen molar-refractivity contribution in [3.05, 3.63) is 48.5 Å². The summed E-state index contributed by atoms with van der Waals surface area (Å²) in [4.78, 5) is 22.8. The average Bonchev–Trinajstić information content (AvgIpc) is 2.65. The van der Waals surface area contributed by atoms with Gasteiger partial charge in [-0.2, -0.15) is 0 Å². The maximum Gasteiger partial charge on any atom is 0.264 e. The van der Waals surface area contributed by atoms with E-state index in [1.807, 2.05) is 4.72 Å². The van der Waals surface area contributed by atoms with E-state index < -0.39 is 15.9 Å². The number of nitrogens with one attached hydrogen (secondary N) is 2. The van der Waals surface area contributed by atoms with Crippen LogP contribution in [0.3, 0.4) is 0 Å². The summed E-state index contributed by atoms with van der Waals surface area (Å²) in [6.07, 6.45) is 0.773. The predicted molar refractivity (Wildman–Crippen MR) is 104 cm³/mol. The van der Waals surface area contributed by atoms with Crippen molar-refractivity contribution >= 4 is 27.5 Å². The van der Waals surface area contributed by atoms with Gasteiger partial charge in [-0.25, -0.2) is 13.1 Å². The molecule has 0 aliphatic rings. The molecule has 0 aliphatic heterocycles. The highest BCUT2D eigenvalue weighted by atomic mass is 32.2. The van der Waals surface area contributed by atoms with Gasteiger partial charge in [0.2, 0.25) is 11.8 Å². The molecule has 2 amide bonds. The number of carbonyl (C=O) groups is 2. The van der Waals surface area contributed by atoms with Crippen molar-refractivity contribution in [2.24, 2.45) is 0 Å². The largest absolute Gasteiger partial charge is 0.497 e. The molecule has 8 nitrogen and oxygen atoms in total. The van der Waals surface area contributed by atoms with Gasteiger partial charge in [-0.3, -0.25) is 9.59 Å². The van der Waals surface area contributed by atoms with Crippen LogP contribution in [-0.2, 0) is 19.6 Å². The fourth-order valence-corrected chi connectivity index (χ4v) is 3.27. The molecule has 0 spiro atoms. The summed E-state index contributed by atoms with van der Waals surface area (Å²) in [5.74, 6) is 0.546. The van der Waals surface area contributed by atoms with Crippen LogP contribution in [0.4, 0.5) is 5.69 Å². The second-order valence-corrected chi connectivity index (χ2v) is 7.54. The van der Waals surface area contributed by atoms with Gasteiger partial charge in [0, 0.05) is 19.0 Å². The topological polar surface area (TPSA) is 111 Å². The number of sulfonamides is 1. The molecule has 0 atom stereocenters. The molecule has 9 heteroatoms. The minimum atomic E-state index is -3.89. The summed E-state index contributed by atoms with van der Waals surface area (Å²) in [6, 6.07) is 12.7. The van der Waals surface area contributed by atoms with E-state index in [4.69, 9.17) is 9.47 Å². The summed E-state index contributed by atoms with van der Waals surface area (Å²) in [6.45, 7) is 1.50. The van der Waals surface area contributed by atoms with Crippen LogP contribution in [0.2, 0.25) is 0 Å². The first kappa shape index (κ1) is 21.2. The molecule has 0 heterocycles. The molecule has 0 unspecified atom stereocenters. The molecule has 0 saturated carbocycles. The van der Waals surface area contributed by atoms with Crippen molar-refractivity contribution in [1.29, 1.82) is 0 Å². The molecule has 0 fully saturated rings. The van der Waals surface area contributed by atoms with Crippen LogP contribution in [0.15, 0.2) is 53.4 Å². The van der Waals surface area contributed by atoms with E-state index in [-0.39, 0.29) is 17.2 Å². The monoisotopic (exact) mass is 406 g/mol. The fraction of sp³-hybridized carbons (Fsp3) is 0.263. The minimum Gasteiger partial charge on any atom is -0.497 e. The number of anilines is 1. The number of ether oxygens (including phenoxy) is 2. The summed E-state index contributed by atoms with van der Waals surface area (Å²) < 4.78 is 36.2. The first-order valence-electron chi connectivity index (χ1n) is 8.50. The summed E-state index contributed by atoms with van der Waals surface area (Å²) >= 11 is 0. The lowest BCUT2D eigenvalue weighted by Gasteiger charge is -2.09. The van der Waals surface area contributed by atoms with Gasteiger partial charge in [-0.15, -0.1) is 0 Å². The van der Waals surface area contributed by atoms with Crippen LogP contribution in [0, 0.1) is 0 Å². The zero-order chi connectivity index (χ0) is 20.6. The standard InChI is InChI=1S/C19H22N2O6S/c1-14(22)21-28(24,25)18-11-5-15(6-12-18)20-19(23)4-3-13-27-17-9-7-16(26-2)8-10-17/h5-12H,3-4,13H2,1-2H3,(H,20,23)(H,21,22). The molecular formula is C19H22N2O6S. The van der Waals surface area contributed by atoms with Crippen molar-refractivity contribution in [2.75, 3.05) is 19.0 Å². The van der Waals surface area contributed by atoms with E-state index in [1.54, 1.807) is 31.4 Å². The van der Waals surface area contributed by atoms with Crippen LogP contribution in [0.1, 0.15) is 19.8 Å². The molecule has 150 valence electrons. The zero-order valence-electron chi connectivity index (χ0n) is 15.6. The molecule has 2 aromatic carbocycles. The first-order valence-corrected chi connectivity index (χ1v) is 9.98. The van der Waals surface area contributed by atoms with Gasteiger partial charge in [-0.05, 0) is 55.0 Å². The number of benzene rings is 2. The van der Waals surface area contributed by atoms with E-state index in [0.29, 0.717) is 24.5 Å². The van der Waals surface area contributed by atoms with Crippen molar-refractivity contribution in [3.63, 3.8) is 0 Å². The highest BCUT2D eigenvalue weighted by Crippen LogP contribution is 2.17. The zero-order valence-corrected chi connectivity index (χ0v) is 16.4. The van der Waals surface area contributed by atoms with Gasteiger partial charge in [0.15, 0.2) is 0 Å². The molecule has 0 bridgehead atoms. The van der Waals surface area contributed by atoms with Crippen molar-refractivity contribution in [1.82, 2.24) is 4.72 Å². The first-order chi connectivity index (χ1) is 13.3. The maximum absolute atomic E-state index is 12.0. The Labute approximate surface area is 163 Å². The second kappa shape index (κ2) is 9.75. The third-order valence-electron chi connectivity index (χ3n) is 3.60. The van der Waals surface area contributed by atoms with Crippen molar-refractivity contribution in [3.8, 4) is 11.5 Å². The summed E-state index contributed by atoms with van der Waals surface area (Å²) in [5, 5.41) is 2.68. The van der Waals surface area contributed by atoms with Gasteiger partial charge < -0.3 is 14.8 Å². The van der Waals surface area contributed by atoms with Crippen LogP contribution < -0.4 is 19.5 Å². The average molecular weight is 406 g/mol. The number of methoxy groups -OCH3 is 1. The van der Waals surface area contributed by atoms with Crippen molar-refractivity contribution in [2.45, 2.75) is 24.7 Å². The molecular weight excluding hydrogens is 384 g/mol. The molecule has 0 radical (unpaired) electrons. The third-order valence-corrected chi connectivity index (χ3v) is 5.05. The lowest BCUT2D eigenvalue weighted by molar-refractivity contribution is -0.117. The molecule has 2 rings (SSSR count). The lowest BCUT2D eigenvalue weighted by Crippen LogP contribution is -2.28. The smallest absolute Gasteiger partial charge is 0.264 e. The quantitative estimate of drug-likeness (QED) is 0.618. The number of amides is 2. The highest BCUT2D eigenvalue weighted by molar-refractivity contribution is 7.90. The van der Waals surface area contributed by atoms with E-state index in [1.165, 1.54) is 24.3 Å². The van der Waals surface area contributed by atoms with Gasteiger partial charge >= 0.3 is 0 Å². The van der Waals surface area contributed by atoms with Crippen LogP contribution in [-0.4, -0.2) is 33.9 Å². The van der Waals surface area contributed by atoms with E-state index in [0.717, 1.165) is 12.7 Å². The van der Waals surface area contributed by atoms with E-state index in [9.17, 15) is 18.0 Å². The van der Waals surface area contributed by atoms with E-state index in [2.05, 4.69) is 5.32 Å². The van der Waals surface area contributed by atoms with Crippen molar-refractivity contribution < 1.29 is 27.5 Å². The van der Waals surface area contributed by atoms with Gasteiger partial charge in [0.05, 0.1) is 18.6 Å². The highest BCUT2D eigenvalue weighted by Gasteiger charge is 2.15. The number of rotatable bonds is 9. The number of hydrogen-bond acceptors (Lipinski definition) is 6. The molecule has 2 aromatic rings. The summed E-state index contributed by atoms with van der Waals surface area (Å²) in [7, 11) is -2.30. The Kier molecular flexibility index (Phi) is 7.39. The van der Waals surface area contributed by atoms with E-state index >= 15 is 0 Å². The Morgan fingerprint density at radius 3 is 2.14 bits per heavy atom. The number of carbonyl (C=O) groups excluding carboxylic acids is 2. The fourth-order valence-electron chi connectivity index (χ4n) is 2.28. The predicted octanol–water partition coefficient (Wildman–Crippen LogP) is 2.32. The van der Waals surface area contributed by atoms with Gasteiger partial charge in [0.25, 0.3) is 10.0 Å². The second-order valence-electron chi connectivity index (χ2n) is 5.86. The van der Waals surface area contributed by atoms with Gasteiger partial charge in [0.1, 0.15) is 11.5 Å². The Morgan fingerprint density at radius 1 is 0.964 bits per heavy atom.